The lowest BCUT2D eigenvalue weighted by molar-refractivity contribution is -0.162. The molecule has 1 aliphatic rings. The summed E-state index contributed by atoms with van der Waals surface area (Å²) in [7, 11) is 0. The standard InChI is InChI=1S/C20H24N2O2/c1-20(2,3)24-19(23)18-12-16-10-7-11-21-17(16)14-22(18)13-15-8-5-4-6-9-15/h4-11,18H,12-14H2,1-3H3. The Hall–Kier alpha value is -2.20. The Morgan fingerprint density at radius 3 is 2.67 bits per heavy atom. The Morgan fingerprint density at radius 2 is 1.96 bits per heavy atom. The van der Waals surface area contributed by atoms with E-state index >= 15 is 0 Å². The highest BCUT2D eigenvalue weighted by Crippen LogP contribution is 2.25. The van der Waals surface area contributed by atoms with Gasteiger partial charge < -0.3 is 4.74 Å². The summed E-state index contributed by atoms with van der Waals surface area (Å²) in [6, 6.07) is 13.9. The molecule has 1 atom stereocenters. The maximum absolute atomic E-state index is 12.7. The van der Waals surface area contributed by atoms with E-state index in [-0.39, 0.29) is 12.0 Å². The lowest BCUT2D eigenvalue weighted by Crippen LogP contribution is -2.47. The molecule has 0 fully saturated rings. The smallest absolute Gasteiger partial charge is 0.324 e. The summed E-state index contributed by atoms with van der Waals surface area (Å²) in [5.74, 6) is -0.159. The number of hydrogen-bond acceptors (Lipinski definition) is 4. The van der Waals surface area contributed by atoms with E-state index in [9.17, 15) is 4.79 Å². The molecule has 0 radical (unpaired) electrons. The van der Waals surface area contributed by atoms with Gasteiger partial charge in [0.25, 0.3) is 0 Å². The van der Waals surface area contributed by atoms with Gasteiger partial charge in [0.15, 0.2) is 0 Å². The van der Waals surface area contributed by atoms with Crippen LogP contribution in [0.3, 0.4) is 0 Å². The molecule has 126 valence electrons. The summed E-state index contributed by atoms with van der Waals surface area (Å²) in [5.41, 5.74) is 2.89. The van der Waals surface area contributed by atoms with Crippen LogP contribution in [-0.4, -0.2) is 27.5 Å². The Balaban J connectivity index is 1.86. The minimum atomic E-state index is -0.481. The van der Waals surface area contributed by atoms with Crippen LogP contribution in [0.15, 0.2) is 48.7 Å². The highest BCUT2D eigenvalue weighted by atomic mass is 16.6. The molecule has 1 aromatic heterocycles. The molecule has 2 aromatic rings. The lowest BCUT2D eigenvalue weighted by atomic mass is 9.96. The Labute approximate surface area is 143 Å². The largest absolute Gasteiger partial charge is 0.459 e. The first kappa shape index (κ1) is 16.7. The Morgan fingerprint density at radius 1 is 1.21 bits per heavy atom. The number of rotatable bonds is 3. The number of aromatic nitrogens is 1. The van der Waals surface area contributed by atoms with Crippen LogP contribution in [0.4, 0.5) is 0 Å². The quantitative estimate of drug-likeness (QED) is 0.812. The number of pyridine rings is 1. The molecule has 1 aliphatic heterocycles. The van der Waals surface area contributed by atoms with Crippen LogP contribution in [0.2, 0.25) is 0 Å². The Kier molecular flexibility index (Phi) is 4.67. The molecule has 4 nitrogen and oxygen atoms in total. The van der Waals surface area contributed by atoms with E-state index in [0.717, 1.165) is 11.3 Å². The summed E-state index contributed by atoms with van der Waals surface area (Å²) in [6.45, 7) is 7.09. The number of benzene rings is 1. The summed E-state index contributed by atoms with van der Waals surface area (Å²) >= 11 is 0. The van der Waals surface area contributed by atoms with E-state index in [1.54, 1.807) is 0 Å². The first-order valence-electron chi connectivity index (χ1n) is 8.36. The van der Waals surface area contributed by atoms with Gasteiger partial charge in [-0.15, -0.1) is 0 Å². The average molecular weight is 324 g/mol. The van der Waals surface area contributed by atoms with E-state index in [4.69, 9.17) is 4.74 Å². The molecular formula is C20H24N2O2. The van der Waals surface area contributed by atoms with Crippen LogP contribution >= 0.6 is 0 Å². The van der Waals surface area contributed by atoms with Crippen molar-refractivity contribution in [3.63, 3.8) is 0 Å². The normalized spacial score (nSPS) is 18.0. The highest BCUT2D eigenvalue weighted by Gasteiger charge is 2.35. The SMILES string of the molecule is CC(C)(C)OC(=O)C1Cc2cccnc2CN1Cc1ccccc1. The molecule has 0 spiro atoms. The van der Waals surface area contributed by atoms with Gasteiger partial charge in [-0.1, -0.05) is 36.4 Å². The molecule has 0 bridgehead atoms. The van der Waals surface area contributed by atoms with Crippen molar-refractivity contribution in [1.29, 1.82) is 0 Å². The molecule has 0 saturated carbocycles. The maximum atomic E-state index is 12.7. The number of nitrogens with zero attached hydrogens (tertiary/aromatic N) is 2. The van der Waals surface area contributed by atoms with Gasteiger partial charge in [-0.2, -0.15) is 0 Å². The molecule has 2 heterocycles. The first-order chi connectivity index (χ1) is 11.4. The monoisotopic (exact) mass is 324 g/mol. The zero-order valence-corrected chi connectivity index (χ0v) is 14.5. The summed E-state index contributed by atoms with van der Waals surface area (Å²) < 4.78 is 5.66. The fourth-order valence-corrected chi connectivity index (χ4v) is 3.03. The van der Waals surface area contributed by atoms with Crippen LogP contribution in [0.5, 0.6) is 0 Å². The zero-order valence-electron chi connectivity index (χ0n) is 14.5. The molecule has 4 heteroatoms. The third-order valence-electron chi connectivity index (χ3n) is 4.10. The molecule has 1 aromatic carbocycles. The highest BCUT2D eigenvalue weighted by molar-refractivity contribution is 5.77. The minimum absolute atomic E-state index is 0.159. The van der Waals surface area contributed by atoms with Crippen LogP contribution in [-0.2, 0) is 29.0 Å². The van der Waals surface area contributed by atoms with Crippen LogP contribution in [0.25, 0.3) is 0 Å². The van der Waals surface area contributed by atoms with Crippen molar-refractivity contribution in [1.82, 2.24) is 9.88 Å². The predicted octanol–water partition coefficient (Wildman–Crippen LogP) is 3.35. The number of carbonyl (C=O) groups excluding carboxylic acids is 1. The van der Waals surface area contributed by atoms with Crippen LogP contribution < -0.4 is 0 Å². The number of ether oxygens (including phenoxy) is 1. The van der Waals surface area contributed by atoms with Crippen molar-refractivity contribution >= 4 is 5.97 Å². The van der Waals surface area contributed by atoms with E-state index in [1.807, 2.05) is 51.2 Å². The van der Waals surface area contributed by atoms with Gasteiger partial charge in [-0.3, -0.25) is 14.7 Å². The van der Waals surface area contributed by atoms with E-state index in [0.29, 0.717) is 19.5 Å². The average Bonchev–Trinajstić information content (AvgIpc) is 2.53. The van der Waals surface area contributed by atoms with Crippen molar-refractivity contribution in [3.05, 3.63) is 65.5 Å². The van der Waals surface area contributed by atoms with Gasteiger partial charge in [-0.25, -0.2) is 0 Å². The van der Waals surface area contributed by atoms with Gasteiger partial charge in [0.2, 0.25) is 0 Å². The molecular weight excluding hydrogens is 300 g/mol. The lowest BCUT2D eigenvalue weighted by Gasteiger charge is -2.36. The number of fused-ring (bicyclic) bond motifs is 1. The second kappa shape index (κ2) is 6.73. The molecule has 0 amide bonds. The molecule has 1 unspecified atom stereocenters. The number of hydrogen-bond donors (Lipinski definition) is 0. The van der Waals surface area contributed by atoms with Crippen molar-refractivity contribution in [2.24, 2.45) is 0 Å². The molecule has 0 aliphatic carbocycles. The molecule has 0 N–H and O–H groups in total. The summed E-state index contributed by atoms with van der Waals surface area (Å²) in [6.07, 6.45) is 2.46. The first-order valence-corrected chi connectivity index (χ1v) is 8.36. The fraction of sp³-hybridized carbons (Fsp3) is 0.400. The minimum Gasteiger partial charge on any atom is -0.459 e. The van der Waals surface area contributed by atoms with Gasteiger partial charge in [0.1, 0.15) is 11.6 Å². The number of carbonyl (C=O) groups is 1. The van der Waals surface area contributed by atoms with Crippen molar-refractivity contribution in [2.75, 3.05) is 0 Å². The second-order valence-electron chi connectivity index (χ2n) is 7.25. The van der Waals surface area contributed by atoms with E-state index in [2.05, 4.69) is 28.1 Å². The zero-order chi connectivity index (χ0) is 17.2. The molecule has 3 rings (SSSR count). The number of esters is 1. The van der Waals surface area contributed by atoms with Gasteiger partial charge in [0.05, 0.1) is 5.69 Å². The van der Waals surface area contributed by atoms with Crippen molar-refractivity contribution in [3.8, 4) is 0 Å². The van der Waals surface area contributed by atoms with Gasteiger partial charge >= 0.3 is 5.97 Å². The van der Waals surface area contributed by atoms with Gasteiger partial charge in [-0.05, 0) is 38.0 Å². The van der Waals surface area contributed by atoms with Crippen LogP contribution in [0.1, 0.15) is 37.6 Å². The second-order valence-corrected chi connectivity index (χ2v) is 7.25. The van der Waals surface area contributed by atoms with E-state index < -0.39 is 5.60 Å². The van der Waals surface area contributed by atoms with Crippen molar-refractivity contribution < 1.29 is 9.53 Å². The molecule has 24 heavy (non-hydrogen) atoms. The molecule has 0 saturated heterocycles. The summed E-state index contributed by atoms with van der Waals surface area (Å²) in [5, 5.41) is 0. The maximum Gasteiger partial charge on any atom is 0.324 e. The third kappa shape index (κ3) is 4.01. The Bertz CT molecular complexity index is 707. The predicted molar refractivity (Wildman–Crippen MR) is 93.3 cm³/mol. The van der Waals surface area contributed by atoms with Gasteiger partial charge in [0, 0.05) is 25.7 Å². The summed E-state index contributed by atoms with van der Waals surface area (Å²) in [4.78, 5) is 19.4. The van der Waals surface area contributed by atoms with Crippen LogP contribution in [0, 0.1) is 0 Å². The van der Waals surface area contributed by atoms with Crippen molar-refractivity contribution in [2.45, 2.75) is 51.9 Å². The third-order valence-corrected chi connectivity index (χ3v) is 4.10. The van der Waals surface area contributed by atoms with E-state index in [1.165, 1.54) is 5.56 Å². The fourth-order valence-electron chi connectivity index (χ4n) is 3.03. The topological polar surface area (TPSA) is 42.4 Å².